The van der Waals surface area contributed by atoms with E-state index in [0.29, 0.717) is 25.2 Å². The molecule has 0 atom stereocenters. The molecule has 104 valence electrons. The predicted octanol–water partition coefficient (Wildman–Crippen LogP) is 1.30. The third-order valence-corrected chi connectivity index (χ3v) is 3.92. The van der Waals surface area contributed by atoms with Crippen molar-refractivity contribution in [1.29, 1.82) is 0 Å². The molecule has 7 heteroatoms. The van der Waals surface area contributed by atoms with Crippen molar-refractivity contribution in [3.8, 4) is 11.4 Å². The molecule has 0 radical (unpaired) electrons. The Kier molecular flexibility index (Phi) is 2.96. The monoisotopic (exact) mass is 273 g/mol. The van der Waals surface area contributed by atoms with E-state index >= 15 is 0 Å². The van der Waals surface area contributed by atoms with E-state index in [1.807, 2.05) is 19.1 Å². The zero-order chi connectivity index (χ0) is 14.2. The van der Waals surface area contributed by atoms with E-state index in [2.05, 4.69) is 20.5 Å². The molecule has 1 N–H and O–H groups in total. The summed E-state index contributed by atoms with van der Waals surface area (Å²) in [6.07, 6.45) is 3.99. The fourth-order valence-corrected chi connectivity index (χ4v) is 2.45. The average molecular weight is 273 g/mol. The maximum absolute atomic E-state index is 11.4. The third kappa shape index (κ3) is 2.04. The zero-order valence-electron chi connectivity index (χ0n) is 11.2. The van der Waals surface area contributed by atoms with Gasteiger partial charge >= 0.3 is 5.97 Å². The van der Waals surface area contributed by atoms with Crippen LogP contribution in [0.5, 0.6) is 0 Å². The number of nitrogens with zero attached hydrogens (tertiary/aromatic N) is 5. The van der Waals surface area contributed by atoms with Crippen molar-refractivity contribution in [3.63, 3.8) is 0 Å². The highest BCUT2D eigenvalue weighted by Crippen LogP contribution is 2.42. The number of carbonyl (C=O) groups is 1. The molecule has 0 spiro atoms. The fraction of sp³-hybridized carbons (Fsp3) is 0.462. The Morgan fingerprint density at radius 3 is 2.80 bits per heavy atom. The van der Waals surface area contributed by atoms with Crippen LogP contribution in [0.2, 0.25) is 0 Å². The Labute approximate surface area is 115 Å². The van der Waals surface area contributed by atoms with Crippen LogP contribution in [0.25, 0.3) is 11.4 Å². The lowest BCUT2D eigenvalue weighted by Gasteiger charge is -2.37. The Bertz CT molecular complexity index is 630. The molecule has 7 nitrogen and oxygen atoms in total. The number of tetrazole rings is 1. The first-order chi connectivity index (χ1) is 9.61. The van der Waals surface area contributed by atoms with Crippen LogP contribution in [-0.4, -0.2) is 36.3 Å². The molecule has 0 amide bonds. The summed E-state index contributed by atoms with van der Waals surface area (Å²) in [6.45, 7) is 2.21. The molecule has 1 aliphatic carbocycles. The van der Waals surface area contributed by atoms with Gasteiger partial charge in [0.05, 0.1) is 12.0 Å². The molecule has 3 rings (SSSR count). The summed E-state index contributed by atoms with van der Waals surface area (Å²) in [7, 11) is 0. The summed E-state index contributed by atoms with van der Waals surface area (Å²) >= 11 is 0. The van der Waals surface area contributed by atoms with Crippen molar-refractivity contribution >= 4 is 5.97 Å². The minimum absolute atomic E-state index is 0.304. The van der Waals surface area contributed by atoms with Crippen LogP contribution >= 0.6 is 0 Å². The van der Waals surface area contributed by atoms with Gasteiger partial charge in [-0.25, -0.2) is 4.68 Å². The molecule has 0 saturated heterocycles. The van der Waals surface area contributed by atoms with Gasteiger partial charge in [0.2, 0.25) is 0 Å². The average Bonchev–Trinajstić information content (AvgIpc) is 2.82. The quantitative estimate of drug-likeness (QED) is 0.902. The van der Waals surface area contributed by atoms with Gasteiger partial charge in [-0.1, -0.05) is 6.42 Å². The summed E-state index contributed by atoms with van der Waals surface area (Å²) in [5.74, 6) is -0.211. The number of aliphatic carboxylic acids is 1. The van der Waals surface area contributed by atoms with Crippen molar-refractivity contribution < 1.29 is 9.90 Å². The van der Waals surface area contributed by atoms with E-state index in [0.717, 1.165) is 17.7 Å². The van der Waals surface area contributed by atoms with E-state index in [9.17, 15) is 9.90 Å². The predicted molar refractivity (Wildman–Crippen MR) is 69.7 cm³/mol. The fourth-order valence-electron chi connectivity index (χ4n) is 2.45. The minimum Gasteiger partial charge on any atom is -0.481 e. The summed E-state index contributed by atoms with van der Waals surface area (Å²) in [6, 6.07) is 3.77. The van der Waals surface area contributed by atoms with Gasteiger partial charge in [0.1, 0.15) is 0 Å². The van der Waals surface area contributed by atoms with Gasteiger partial charge in [0, 0.05) is 17.5 Å². The molecule has 1 aliphatic rings. The second kappa shape index (κ2) is 4.66. The second-order valence-corrected chi connectivity index (χ2v) is 5.29. The maximum atomic E-state index is 11.4. The molecule has 20 heavy (non-hydrogen) atoms. The topological polar surface area (TPSA) is 93.8 Å². The number of carboxylic acid groups (broad SMARTS) is 1. The zero-order valence-corrected chi connectivity index (χ0v) is 11.2. The van der Waals surface area contributed by atoms with E-state index < -0.39 is 11.4 Å². The van der Waals surface area contributed by atoms with Crippen molar-refractivity contribution in [2.45, 2.75) is 32.7 Å². The smallest absolute Gasteiger partial charge is 0.311 e. The number of aromatic nitrogens is 5. The first-order valence-corrected chi connectivity index (χ1v) is 6.53. The van der Waals surface area contributed by atoms with Crippen molar-refractivity contribution in [1.82, 2.24) is 25.2 Å². The molecular weight excluding hydrogens is 258 g/mol. The molecule has 0 bridgehead atoms. The SMILES string of the molecule is Cc1ccc(-c2nnnn2CC2(C(=O)O)CCC2)cn1. The molecule has 2 heterocycles. The first kappa shape index (κ1) is 12.7. The standard InChI is InChI=1S/C13H15N5O2/c1-9-3-4-10(7-14-9)11-15-16-17-18(11)8-13(12(19)20)5-2-6-13/h3-4,7H,2,5-6,8H2,1H3,(H,19,20). The molecule has 2 aromatic heterocycles. The van der Waals surface area contributed by atoms with E-state index in [1.54, 1.807) is 10.9 Å². The highest BCUT2D eigenvalue weighted by Gasteiger charge is 2.45. The maximum Gasteiger partial charge on any atom is 0.311 e. The number of carboxylic acids is 1. The van der Waals surface area contributed by atoms with Crippen LogP contribution in [0.1, 0.15) is 25.0 Å². The normalized spacial score (nSPS) is 16.6. The summed E-state index contributed by atoms with van der Waals surface area (Å²) in [4.78, 5) is 15.6. The second-order valence-electron chi connectivity index (χ2n) is 5.29. The third-order valence-electron chi connectivity index (χ3n) is 3.92. The van der Waals surface area contributed by atoms with E-state index in [1.165, 1.54) is 0 Å². The van der Waals surface area contributed by atoms with Gasteiger partial charge in [-0.3, -0.25) is 9.78 Å². The van der Waals surface area contributed by atoms with Crippen molar-refractivity contribution in [2.24, 2.45) is 5.41 Å². The van der Waals surface area contributed by atoms with Gasteiger partial charge in [-0.2, -0.15) is 0 Å². The Hall–Kier alpha value is -2.31. The first-order valence-electron chi connectivity index (χ1n) is 6.53. The van der Waals surface area contributed by atoms with Gasteiger partial charge in [0.15, 0.2) is 5.82 Å². The number of pyridine rings is 1. The lowest BCUT2D eigenvalue weighted by Crippen LogP contribution is -2.42. The molecular formula is C13H15N5O2. The van der Waals surface area contributed by atoms with Crippen LogP contribution in [0.15, 0.2) is 18.3 Å². The number of hydrogen-bond acceptors (Lipinski definition) is 5. The highest BCUT2D eigenvalue weighted by atomic mass is 16.4. The molecule has 1 fully saturated rings. The molecule has 0 aliphatic heterocycles. The lowest BCUT2D eigenvalue weighted by molar-refractivity contribution is -0.156. The summed E-state index contributed by atoms with van der Waals surface area (Å²) < 4.78 is 1.57. The minimum atomic E-state index is -0.771. The summed E-state index contributed by atoms with van der Waals surface area (Å²) in [5.41, 5.74) is 0.983. The number of rotatable bonds is 4. The van der Waals surface area contributed by atoms with Gasteiger partial charge < -0.3 is 5.11 Å². The molecule has 2 aromatic rings. The largest absolute Gasteiger partial charge is 0.481 e. The molecule has 1 saturated carbocycles. The van der Waals surface area contributed by atoms with Gasteiger partial charge in [-0.05, 0) is 42.3 Å². The Balaban J connectivity index is 1.91. The summed E-state index contributed by atoms with van der Waals surface area (Å²) in [5, 5.41) is 21.0. The van der Waals surface area contributed by atoms with E-state index in [4.69, 9.17) is 0 Å². The van der Waals surface area contributed by atoms with Crippen molar-refractivity contribution in [2.75, 3.05) is 0 Å². The molecule has 0 aromatic carbocycles. The highest BCUT2D eigenvalue weighted by molar-refractivity contribution is 5.75. The Morgan fingerprint density at radius 2 is 2.25 bits per heavy atom. The van der Waals surface area contributed by atoms with Crippen molar-refractivity contribution in [3.05, 3.63) is 24.0 Å². The number of aryl methyl sites for hydroxylation is 1. The van der Waals surface area contributed by atoms with Crippen LogP contribution in [0, 0.1) is 12.3 Å². The number of hydrogen-bond donors (Lipinski definition) is 1. The lowest BCUT2D eigenvalue weighted by atomic mass is 9.69. The van der Waals surface area contributed by atoms with Crippen LogP contribution < -0.4 is 0 Å². The van der Waals surface area contributed by atoms with Crippen LogP contribution in [0.3, 0.4) is 0 Å². The molecule has 0 unspecified atom stereocenters. The van der Waals surface area contributed by atoms with Gasteiger partial charge in [0.25, 0.3) is 0 Å². The van der Waals surface area contributed by atoms with Gasteiger partial charge in [-0.15, -0.1) is 5.10 Å². The van der Waals surface area contributed by atoms with Crippen LogP contribution in [0.4, 0.5) is 0 Å². The van der Waals surface area contributed by atoms with E-state index in [-0.39, 0.29) is 0 Å². The van der Waals surface area contributed by atoms with Crippen LogP contribution in [-0.2, 0) is 11.3 Å². The Morgan fingerprint density at radius 1 is 1.45 bits per heavy atom.